The van der Waals surface area contributed by atoms with Crippen LogP contribution in [0.3, 0.4) is 0 Å². The van der Waals surface area contributed by atoms with Crippen molar-refractivity contribution < 1.29 is 24.2 Å². The second-order valence-corrected chi connectivity index (χ2v) is 6.74. The molecule has 2 rings (SSSR count). The van der Waals surface area contributed by atoms with Crippen LogP contribution in [-0.2, 0) is 20.7 Å². The van der Waals surface area contributed by atoms with Gasteiger partial charge in [0.15, 0.2) is 0 Å². The molecule has 1 atom stereocenters. The first-order valence-corrected chi connectivity index (χ1v) is 7.83. The van der Waals surface area contributed by atoms with Crippen molar-refractivity contribution in [1.82, 2.24) is 9.88 Å². The maximum atomic E-state index is 12.6. The minimum atomic E-state index is -1.17. The molecule has 0 bridgehead atoms. The summed E-state index contributed by atoms with van der Waals surface area (Å²) >= 11 is 0. The van der Waals surface area contributed by atoms with Crippen molar-refractivity contribution in [3.05, 3.63) is 35.5 Å². The maximum absolute atomic E-state index is 12.6. The van der Waals surface area contributed by atoms with Crippen LogP contribution in [0.25, 0.3) is 10.9 Å². The van der Waals surface area contributed by atoms with Crippen LogP contribution in [0.1, 0.15) is 32.0 Å². The first-order chi connectivity index (χ1) is 11.7. The molecule has 2 N–H and O–H groups in total. The fourth-order valence-electron chi connectivity index (χ4n) is 2.71. The number of aliphatic carboxylic acids is 1. The van der Waals surface area contributed by atoms with Crippen molar-refractivity contribution in [3.8, 4) is 0 Å². The predicted octanol–water partition coefficient (Wildman–Crippen LogP) is 2.39. The third-order valence-corrected chi connectivity index (χ3v) is 3.76. The molecule has 26 heavy (non-hydrogen) atoms. The zero-order chi connectivity index (χ0) is 18.8. The first kappa shape index (κ1) is 20.2. The number of hydrogen-bond acceptors (Lipinski definition) is 4. The van der Waals surface area contributed by atoms with Crippen LogP contribution in [0.4, 0.5) is 4.79 Å². The van der Waals surface area contributed by atoms with E-state index in [1.165, 1.54) is 11.0 Å². The molecular weight excluding hydrogens is 581 g/mol. The molecule has 0 radical (unpaired) electrons. The largest absolute Gasteiger partial charge is 0.520 e. The van der Waals surface area contributed by atoms with Gasteiger partial charge < -0.3 is 20.0 Å². The number of nitrogens with zero attached hydrogens (tertiary/aromatic N) is 1. The summed E-state index contributed by atoms with van der Waals surface area (Å²) in [5, 5.41) is 12.2. The Balaban J connectivity index is 0.00000338. The van der Waals surface area contributed by atoms with Crippen LogP contribution in [0.15, 0.2) is 24.3 Å². The predicted molar refractivity (Wildman–Crippen MR) is 92.3 cm³/mol. The summed E-state index contributed by atoms with van der Waals surface area (Å²) < 4.78 is 6.89. The number of nitrogens with one attached hydrogen (secondary N) is 1. The minimum absolute atomic E-state index is 0. The number of hydrogen-bond donors (Lipinski definition) is 2. The number of amides is 1. The fourth-order valence-corrected chi connectivity index (χ4v) is 2.71. The Bertz CT molecular complexity index is 823. The van der Waals surface area contributed by atoms with E-state index < -0.39 is 23.7 Å². The van der Waals surface area contributed by atoms with E-state index in [1.807, 2.05) is 6.07 Å². The number of benzene rings is 1. The summed E-state index contributed by atoms with van der Waals surface area (Å²) in [5.74, 6) is -1.17. The van der Waals surface area contributed by atoms with Gasteiger partial charge in [0.05, 0.1) is 5.52 Å². The fraction of sp³-hybridized carbons (Fsp3) is 0.389. The van der Waals surface area contributed by atoms with Gasteiger partial charge in [-0.15, -0.1) is 0 Å². The van der Waals surface area contributed by atoms with Crippen molar-refractivity contribution in [2.45, 2.75) is 45.8 Å². The van der Waals surface area contributed by atoms with E-state index in [0.717, 1.165) is 5.39 Å². The van der Waals surface area contributed by atoms with Gasteiger partial charge in [0, 0.05) is 17.5 Å². The second-order valence-electron chi connectivity index (χ2n) is 6.74. The van der Waals surface area contributed by atoms with Gasteiger partial charge in [0.25, 0.3) is 0 Å². The Morgan fingerprint density at radius 2 is 1.92 bits per heavy atom. The Morgan fingerprint density at radius 1 is 1.31 bits per heavy atom. The quantitative estimate of drug-likeness (QED) is 0.405. The molecule has 0 saturated carbocycles. The van der Waals surface area contributed by atoms with Gasteiger partial charge in [-0.05, 0) is 39.3 Å². The van der Waals surface area contributed by atoms with Gasteiger partial charge in [-0.3, -0.25) is 4.79 Å². The molecule has 1 aromatic heterocycles. The van der Waals surface area contributed by atoms with E-state index in [4.69, 9.17) is 4.74 Å². The van der Waals surface area contributed by atoms with Gasteiger partial charge in [0.2, 0.25) is 0 Å². The number of ether oxygens (including phenoxy) is 1. The molecule has 7 nitrogen and oxygen atoms in total. The standard InChI is InChI=1S/C18H21N2O5.Fm/c1-11-13(9-14(16(22)23)19-10-21)12-7-5-6-8-15(12)20(11)17(24)25-18(2,3)4;/h5-8,14H,9H2,1-4H3,(H,19,21)(H,22,23);/q-1;/t14-;/m0./s1. The van der Waals surface area contributed by atoms with Crippen LogP contribution < -0.4 is 5.32 Å². The van der Waals surface area contributed by atoms with Crippen LogP contribution in [-0.4, -0.2) is 39.8 Å². The van der Waals surface area contributed by atoms with E-state index in [2.05, 4.69) is 5.32 Å². The maximum Gasteiger partial charge on any atom is 0.419 e. The molecule has 0 aliphatic rings. The zero-order valence-electron chi connectivity index (χ0n) is 14.9. The summed E-state index contributed by atoms with van der Waals surface area (Å²) in [7, 11) is 0. The van der Waals surface area contributed by atoms with Crippen LogP contribution >= 0.6 is 0 Å². The average molecular weight is 602 g/mol. The summed E-state index contributed by atoms with van der Waals surface area (Å²) in [6.45, 7) is 7.05. The average Bonchev–Trinajstić information content (AvgIpc) is 2.77. The topological polar surface area (TPSA) is 97.6 Å². The van der Waals surface area contributed by atoms with Crippen molar-refractivity contribution in [2.75, 3.05) is 0 Å². The van der Waals surface area contributed by atoms with E-state index in [0.29, 0.717) is 16.8 Å². The van der Waals surface area contributed by atoms with Crippen LogP contribution in [0.2, 0.25) is 0 Å². The smallest absolute Gasteiger partial charge is 0.419 e. The van der Waals surface area contributed by atoms with E-state index in [1.54, 1.807) is 45.9 Å². The molecule has 1 amide bonds. The summed E-state index contributed by atoms with van der Waals surface area (Å²) in [4.78, 5) is 34.5. The number of aromatic nitrogens is 1. The normalized spacial score (nSPS) is 12.2. The second kappa shape index (κ2) is 7.38. The van der Waals surface area contributed by atoms with Gasteiger partial charge in [-0.25, -0.2) is 9.36 Å². The monoisotopic (exact) mass is 602 g/mol. The zero-order valence-corrected chi connectivity index (χ0v) is 17.3. The van der Waals surface area contributed by atoms with Gasteiger partial charge in [-0.1, -0.05) is 18.2 Å². The van der Waals surface area contributed by atoms with Gasteiger partial charge >= 0.3 is 12.1 Å². The van der Waals surface area contributed by atoms with Crippen molar-refractivity contribution >= 4 is 29.4 Å². The molecule has 1 heterocycles. The number of carboxylic acid groups (broad SMARTS) is 1. The Kier molecular flexibility index (Phi) is 5.74. The number of rotatable bonds is 5. The molecule has 0 unspecified atom stereocenters. The molecule has 0 fully saturated rings. The molecule has 1 aromatic carbocycles. The van der Waals surface area contributed by atoms with Crippen molar-refractivity contribution in [1.29, 1.82) is 0 Å². The van der Waals surface area contributed by atoms with Crippen molar-refractivity contribution in [3.63, 3.8) is 0 Å². The van der Waals surface area contributed by atoms with E-state index >= 15 is 0 Å². The van der Waals surface area contributed by atoms with Gasteiger partial charge in [0.1, 0.15) is 11.6 Å². The third kappa shape index (κ3) is 3.98. The number of carbonyl (C=O) groups excluding carboxylic acids is 2. The molecule has 0 saturated heterocycles. The molecular formula is C18H21FmN2O5-. The molecule has 2 aromatic rings. The SMILES string of the molecule is Cc1c(C[C@H](N[C-]=O)C(=O)O)c2ccccc2n1C(=O)OC(C)(C)C.[Fm]. The van der Waals surface area contributed by atoms with E-state index in [9.17, 15) is 19.5 Å². The summed E-state index contributed by atoms with van der Waals surface area (Å²) in [6, 6.07) is 6.04. The molecule has 8 heteroatoms. The summed E-state index contributed by atoms with van der Waals surface area (Å²) in [5.41, 5.74) is 1.21. The summed E-state index contributed by atoms with van der Waals surface area (Å²) in [6.07, 6.45) is 0.920. The minimum Gasteiger partial charge on any atom is -0.520 e. The molecule has 0 aliphatic carbocycles. The Morgan fingerprint density at radius 3 is 2.46 bits per heavy atom. The number of carboxylic acids is 1. The third-order valence-electron chi connectivity index (χ3n) is 3.76. The first-order valence-electron chi connectivity index (χ1n) is 7.83. The van der Waals surface area contributed by atoms with E-state index in [-0.39, 0.29) is 6.42 Å². The number of carbonyl (C=O) groups is 2. The van der Waals surface area contributed by atoms with Crippen LogP contribution in [0, 0.1) is 6.92 Å². The number of fused-ring (bicyclic) bond motifs is 1. The molecule has 146 valence electrons. The van der Waals surface area contributed by atoms with Gasteiger partial charge in [-0.2, -0.15) is 6.41 Å². The molecule has 0 spiro atoms. The number of para-hydroxylation sites is 1. The van der Waals surface area contributed by atoms with Crippen molar-refractivity contribution in [2.24, 2.45) is 0 Å². The van der Waals surface area contributed by atoms with Crippen LogP contribution in [0.5, 0.6) is 0 Å². The Labute approximate surface area is 145 Å². The molecule has 0 aliphatic heterocycles. The Hall–Kier alpha value is -3.83.